The minimum atomic E-state index is -0.894. The van der Waals surface area contributed by atoms with Crippen molar-refractivity contribution in [1.82, 2.24) is 4.90 Å². The summed E-state index contributed by atoms with van der Waals surface area (Å²) in [5.74, 6) is -2.18. The smallest absolute Gasteiger partial charge is 0.308 e. The lowest BCUT2D eigenvalue weighted by Crippen LogP contribution is -2.37. The molecule has 1 aromatic carbocycles. The van der Waals surface area contributed by atoms with Crippen LogP contribution >= 0.6 is 0 Å². The minimum Gasteiger partial charge on any atom is -0.481 e. The van der Waals surface area contributed by atoms with Crippen LogP contribution in [-0.4, -0.2) is 61.3 Å². The highest BCUT2D eigenvalue weighted by atomic mass is 19.1. The number of likely N-dealkylation sites (tertiary alicyclic amines) is 1. The van der Waals surface area contributed by atoms with Crippen LogP contribution in [0.1, 0.15) is 16.8 Å². The summed E-state index contributed by atoms with van der Waals surface area (Å²) in [6.07, 6.45) is 0.440. The van der Waals surface area contributed by atoms with E-state index >= 15 is 0 Å². The van der Waals surface area contributed by atoms with E-state index in [9.17, 15) is 14.0 Å². The van der Waals surface area contributed by atoms with Crippen molar-refractivity contribution in [3.63, 3.8) is 0 Å². The third-order valence-electron chi connectivity index (χ3n) is 4.37. The van der Waals surface area contributed by atoms with Crippen LogP contribution in [0.15, 0.2) is 18.2 Å². The zero-order chi connectivity index (χ0) is 16.4. The van der Waals surface area contributed by atoms with Gasteiger partial charge in [0.1, 0.15) is 5.82 Å². The maximum Gasteiger partial charge on any atom is 0.308 e. The first-order valence-corrected chi connectivity index (χ1v) is 7.70. The van der Waals surface area contributed by atoms with E-state index in [1.54, 1.807) is 12.1 Å². The molecule has 1 atom stereocenters. The van der Waals surface area contributed by atoms with Gasteiger partial charge < -0.3 is 19.6 Å². The number of carbonyl (C=O) groups excluding carboxylic acids is 1. The number of rotatable bonds is 3. The molecule has 2 heterocycles. The fraction of sp³-hybridized carbons (Fsp3) is 0.500. The quantitative estimate of drug-likeness (QED) is 0.906. The Morgan fingerprint density at radius 1 is 1.22 bits per heavy atom. The molecule has 1 aromatic rings. The molecule has 2 saturated heterocycles. The van der Waals surface area contributed by atoms with E-state index < -0.39 is 17.7 Å². The minimum absolute atomic E-state index is 0.182. The average Bonchev–Trinajstić information content (AvgIpc) is 3.05. The van der Waals surface area contributed by atoms with Crippen LogP contribution in [0, 0.1) is 11.7 Å². The van der Waals surface area contributed by atoms with Crippen molar-refractivity contribution in [2.24, 2.45) is 5.92 Å². The van der Waals surface area contributed by atoms with Crippen LogP contribution in [-0.2, 0) is 9.53 Å². The summed E-state index contributed by atoms with van der Waals surface area (Å²) >= 11 is 0. The Bertz CT molecular complexity index is 616. The van der Waals surface area contributed by atoms with Crippen LogP contribution in [0.2, 0.25) is 0 Å². The van der Waals surface area contributed by atoms with Gasteiger partial charge in [0.05, 0.1) is 24.8 Å². The van der Waals surface area contributed by atoms with Crippen molar-refractivity contribution in [3.05, 3.63) is 29.6 Å². The summed E-state index contributed by atoms with van der Waals surface area (Å²) in [6.45, 7) is 2.94. The molecule has 7 heteroatoms. The molecule has 0 saturated carbocycles. The summed E-state index contributed by atoms with van der Waals surface area (Å²) in [7, 11) is 0. The normalized spacial score (nSPS) is 21.5. The van der Waals surface area contributed by atoms with Crippen molar-refractivity contribution >= 4 is 17.6 Å². The number of nitrogens with zero attached hydrogens (tertiary/aromatic N) is 2. The molecule has 1 N–H and O–H groups in total. The number of hydrogen-bond donors (Lipinski definition) is 1. The number of carbonyl (C=O) groups is 2. The molecule has 0 spiro atoms. The Morgan fingerprint density at radius 3 is 2.57 bits per heavy atom. The topological polar surface area (TPSA) is 70.1 Å². The van der Waals surface area contributed by atoms with E-state index in [0.29, 0.717) is 45.0 Å². The van der Waals surface area contributed by atoms with Gasteiger partial charge in [-0.1, -0.05) is 0 Å². The van der Waals surface area contributed by atoms with Gasteiger partial charge in [0.2, 0.25) is 0 Å². The first-order valence-electron chi connectivity index (χ1n) is 7.70. The molecule has 23 heavy (non-hydrogen) atoms. The number of halogens is 1. The predicted molar refractivity (Wildman–Crippen MR) is 81.1 cm³/mol. The van der Waals surface area contributed by atoms with Gasteiger partial charge in [-0.15, -0.1) is 0 Å². The SMILES string of the molecule is O=C(O)C1CCN(C(=O)c2ccc(N3CCOCC3)c(F)c2)C1. The van der Waals surface area contributed by atoms with Gasteiger partial charge in [-0.05, 0) is 24.6 Å². The zero-order valence-electron chi connectivity index (χ0n) is 12.7. The molecule has 0 bridgehead atoms. The molecule has 0 aliphatic carbocycles. The molecule has 1 amide bonds. The van der Waals surface area contributed by atoms with E-state index in [2.05, 4.69) is 0 Å². The molecule has 2 aliphatic heterocycles. The standard InChI is InChI=1S/C16H19FN2O4/c17-13-9-11(1-2-14(13)18-5-7-23-8-6-18)15(20)19-4-3-12(10-19)16(21)22/h1-2,9,12H,3-8,10H2,(H,21,22). The molecule has 6 nitrogen and oxygen atoms in total. The number of morpholine rings is 1. The number of aliphatic carboxylic acids is 1. The molecule has 0 radical (unpaired) electrons. The Kier molecular flexibility index (Phi) is 4.47. The molecule has 2 aliphatic rings. The monoisotopic (exact) mass is 322 g/mol. The van der Waals surface area contributed by atoms with Gasteiger partial charge in [-0.25, -0.2) is 4.39 Å². The summed E-state index contributed by atoms with van der Waals surface area (Å²) in [5, 5.41) is 8.99. The highest BCUT2D eigenvalue weighted by molar-refractivity contribution is 5.95. The number of amides is 1. The van der Waals surface area contributed by atoms with Gasteiger partial charge in [0.15, 0.2) is 0 Å². The lowest BCUT2D eigenvalue weighted by molar-refractivity contribution is -0.141. The number of ether oxygens (including phenoxy) is 1. The molecule has 1 unspecified atom stereocenters. The molecular weight excluding hydrogens is 303 g/mol. The fourth-order valence-electron chi connectivity index (χ4n) is 3.03. The van der Waals surface area contributed by atoms with Gasteiger partial charge in [-0.3, -0.25) is 9.59 Å². The molecule has 0 aromatic heterocycles. The number of hydrogen-bond acceptors (Lipinski definition) is 4. The molecule has 2 fully saturated rings. The first kappa shape index (κ1) is 15.7. The molecule has 124 valence electrons. The third-order valence-corrected chi connectivity index (χ3v) is 4.37. The van der Waals surface area contributed by atoms with Crippen molar-refractivity contribution in [3.8, 4) is 0 Å². The highest BCUT2D eigenvalue weighted by Crippen LogP contribution is 2.24. The maximum absolute atomic E-state index is 14.3. The summed E-state index contributed by atoms with van der Waals surface area (Å²) < 4.78 is 19.6. The first-order chi connectivity index (χ1) is 11.1. The van der Waals surface area contributed by atoms with Crippen molar-refractivity contribution < 1.29 is 23.8 Å². The second-order valence-electron chi connectivity index (χ2n) is 5.84. The van der Waals surface area contributed by atoms with Crippen LogP contribution in [0.25, 0.3) is 0 Å². The van der Waals surface area contributed by atoms with Gasteiger partial charge in [0.25, 0.3) is 5.91 Å². The Morgan fingerprint density at radius 2 is 1.96 bits per heavy atom. The Hall–Kier alpha value is -2.15. The number of benzene rings is 1. The Balaban J connectivity index is 1.72. The summed E-state index contributed by atoms with van der Waals surface area (Å²) in [5.41, 5.74) is 0.722. The lowest BCUT2D eigenvalue weighted by atomic mass is 10.1. The molecule has 3 rings (SSSR count). The van der Waals surface area contributed by atoms with Crippen LogP contribution in [0.5, 0.6) is 0 Å². The maximum atomic E-state index is 14.3. The fourth-order valence-corrected chi connectivity index (χ4v) is 3.03. The van der Waals surface area contributed by atoms with E-state index in [1.807, 2.05) is 4.90 Å². The highest BCUT2D eigenvalue weighted by Gasteiger charge is 2.31. The summed E-state index contributed by atoms with van der Waals surface area (Å²) in [6, 6.07) is 4.45. The number of carboxylic acids is 1. The summed E-state index contributed by atoms with van der Waals surface area (Å²) in [4.78, 5) is 26.7. The van der Waals surface area contributed by atoms with Crippen molar-refractivity contribution in [1.29, 1.82) is 0 Å². The van der Waals surface area contributed by atoms with E-state index in [1.165, 1.54) is 11.0 Å². The largest absolute Gasteiger partial charge is 0.481 e. The lowest BCUT2D eigenvalue weighted by Gasteiger charge is -2.29. The van der Waals surface area contributed by atoms with Gasteiger partial charge in [-0.2, -0.15) is 0 Å². The number of carboxylic acid groups (broad SMARTS) is 1. The second kappa shape index (κ2) is 6.54. The second-order valence-corrected chi connectivity index (χ2v) is 5.84. The van der Waals surface area contributed by atoms with Gasteiger partial charge in [0, 0.05) is 31.7 Å². The average molecular weight is 322 g/mol. The van der Waals surface area contributed by atoms with Crippen molar-refractivity contribution in [2.75, 3.05) is 44.3 Å². The molecular formula is C16H19FN2O4. The van der Waals surface area contributed by atoms with Crippen LogP contribution in [0.4, 0.5) is 10.1 Å². The van der Waals surface area contributed by atoms with Crippen molar-refractivity contribution in [2.45, 2.75) is 6.42 Å². The predicted octanol–water partition coefficient (Wildman–Crippen LogP) is 1.21. The van der Waals surface area contributed by atoms with Crippen LogP contribution in [0.3, 0.4) is 0 Å². The van der Waals surface area contributed by atoms with Gasteiger partial charge >= 0.3 is 5.97 Å². The van der Waals surface area contributed by atoms with E-state index in [0.717, 1.165) is 0 Å². The third kappa shape index (κ3) is 3.29. The van der Waals surface area contributed by atoms with E-state index in [4.69, 9.17) is 9.84 Å². The zero-order valence-corrected chi connectivity index (χ0v) is 12.7. The Labute approximate surface area is 133 Å². The number of anilines is 1. The van der Waals surface area contributed by atoms with Crippen LogP contribution < -0.4 is 4.90 Å². The van der Waals surface area contributed by atoms with E-state index in [-0.39, 0.29) is 18.0 Å².